The molecule has 0 aromatic carbocycles. The molecule has 0 aliphatic carbocycles. The largest absolute Gasteiger partial charge is 0.522 e. The molecule has 0 radical (unpaired) electrons. The summed E-state index contributed by atoms with van der Waals surface area (Å²) in [4.78, 5) is 2.87. The van der Waals surface area contributed by atoms with Gasteiger partial charge >= 0.3 is 6.36 Å². The number of nitrogens with zero attached hydrogens (tertiary/aromatic N) is 2. The monoisotopic (exact) mass is 460 g/mol. The van der Waals surface area contributed by atoms with E-state index in [-0.39, 0.29) is 23.9 Å². The average Bonchev–Trinajstić information content (AvgIpc) is 2.51. The molecule has 2 atom stereocenters. The predicted octanol–water partition coefficient (Wildman–Crippen LogP) is 3.85. The Balaban J connectivity index is 0.000000280. The lowest BCUT2D eigenvalue weighted by Gasteiger charge is -2.36. The van der Waals surface area contributed by atoms with Crippen LogP contribution in [0.4, 0.5) is 30.7 Å². The third-order valence-electron chi connectivity index (χ3n) is 4.13. The van der Waals surface area contributed by atoms with Crippen LogP contribution in [0.5, 0.6) is 0 Å². The van der Waals surface area contributed by atoms with Crippen LogP contribution in [-0.4, -0.2) is 91.1 Å². The number of rotatable bonds is 2. The van der Waals surface area contributed by atoms with Crippen molar-refractivity contribution in [3.8, 4) is 0 Å². The lowest BCUT2D eigenvalue weighted by atomic mass is 10.0. The van der Waals surface area contributed by atoms with Crippen LogP contribution in [0.25, 0.3) is 0 Å². The van der Waals surface area contributed by atoms with Gasteiger partial charge in [0.25, 0.3) is 11.8 Å². The van der Waals surface area contributed by atoms with E-state index in [1.54, 1.807) is 18.2 Å². The second-order valence-electron chi connectivity index (χ2n) is 6.69. The molecule has 0 N–H and O–H groups in total. The van der Waals surface area contributed by atoms with Crippen LogP contribution in [0.2, 0.25) is 0 Å². The maximum Gasteiger partial charge on any atom is 0.522 e. The number of likely N-dealkylation sites (tertiary alicyclic amines) is 2. The van der Waals surface area contributed by atoms with Gasteiger partial charge in [-0.3, -0.25) is 4.74 Å². The molecule has 2 fully saturated rings. The lowest BCUT2D eigenvalue weighted by molar-refractivity contribution is -0.370. The highest BCUT2D eigenvalue weighted by molar-refractivity contribution is 8.22. The zero-order chi connectivity index (χ0) is 21.8. The number of thiocarbonyl (C=S) groups is 1. The molecule has 0 aromatic heterocycles. The highest BCUT2D eigenvalue weighted by atomic mass is 32.2. The Kier molecular flexibility index (Phi) is 9.25. The van der Waals surface area contributed by atoms with Crippen LogP contribution < -0.4 is 0 Å². The first kappa shape index (κ1) is 25.7. The Morgan fingerprint density at radius 2 is 1.39 bits per heavy atom. The lowest BCUT2D eigenvalue weighted by Crippen LogP contribution is -2.52. The van der Waals surface area contributed by atoms with Crippen molar-refractivity contribution in [3.63, 3.8) is 0 Å². The Bertz CT molecular complexity index is 523. The fraction of sp³-hybridized carbons (Fsp3) is 0.933. The second-order valence-corrected chi connectivity index (χ2v) is 8.10. The minimum Gasteiger partial charge on any atom is -0.469 e. The molecule has 4 nitrogen and oxygen atoms in total. The standard InChI is InChI=1S/C8H13F2NOS2.C7H10F5NO/c1-11-4-3-6(8(9,10)5-11)12-7(13)14-2;1-13-3-2-5(6(8,9)4-13)14-7(10,11)12/h6H,3-5H2,1-2H3;5H,2-4H2,1H3. The van der Waals surface area contributed by atoms with E-state index in [9.17, 15) is 30.7 Å². The fourth-order valence-electron chi connectivity index (χ4n) is 2.79. The molecule has 2 unspecified atom stereocenters. The minimum absolute atomic E-state index is 0.177. The van der Waals surface area contributed by atoms with Crippen molar-refractivity contribution in [2.45, 2.75) is 43.3 Å². The van der Waals surface area contributed by atoms with E-state index in [0.717, 1.165) is 0 Å². The van der Waals surface area contributed by atoms with Crippen molar-refractivity contribution in [1.82, 2.24) is 9.80 Å². The summed E-state index contributed by atoms with van der Waals surface area (Å²) in [6.45, 7) is -0.157. The van der Waals surface area contributed by atoms with E-state index in [1.165, 1.54) is 23.7 Å². The summed E-state index contributed by atoms with van der Waals surface area (Å²) in [5.74, 6) is -6.24. The van der Waals surface area contributed by atoms with Crippen LogP contribution in [0.1, 0.15) is 12.8 Å². The summed E-state index contributed by atoms with van der Waals surface area (Å²) in [5, 5.41) is 0. The zero-order valence-electron chi connectivity index (χ0n) is 15.6. The molecule has 28 heavy (non-hydrogen) atoms. The maximum absolute atomic E-state index is 13.4. The molecule has 166 valence electrons. The van der Waals surface area contributed by atoms with Crippen LogP contribution in [0.3, 0.4) is 0 Å². The van der Waals surface area contributed by atoms with E-state index >= 15 is 0 Å². The summed E-state index contributed by atoms with van der Waals surface area (Å²) in [6, 6.07) is 0. The summed E-state index contributed by atoms with van der Waals surface area (Å²) in [5.41, 5.74) is 0. The van der Waals surface area contributed by atoms with Gasteiger partial charge in [0.2, 0.25) is 4.38 Å². The molecule has 0 aromatic rings. The van der Waals surface area contributed by atoms with Crippen molar-refractivity contribution in [2.75, 3.05) is 46.5 Å². The quantitative estimate of drug-likeness (QED) is 0.459. The summed E-state index contributed by atoms with van der Waals surface area (Å²) in [6.07, 6.45) is -6.38. The molecular weight excluding hydrogens is 437 g/mol. The van der Waals surface area contributed by atoms with Crippen molar-refractivity contribution >= 4 is 28.4 Å². The van der Waals surface area contributed by atoms with Gasteiger partial charge < -0.3 is 14.5 Å². The van der Waals surface area contributed by atoms with Crippen LogP contribution in [0, 0.1) is 0 Å². The van der Waals surface area contributed by atoms with Gasteiger partial charge in [0.15, 0.2) is 6.10 Å². The van der Waals surface area contributed by atoms with E-state index in [2.05, 4.69) is 4.74 Å². The number of piperidine rings is 2. The fourth-order valence-corrected chi connectivity index (χ4v) is 3.12. The third kappa shape index (κ3) is 8.56. The number of halogens is 7. The van der Waals surface area contributed by atoms with Gasteiger partial charge in [0.1, 0.15) is 6.10 Å². The van der Waals surface area contributed by atoms with E-state index in [4.69, 9.17) is 17.0 Å². The number of hydrogen-bond acceptors (Lipinski definition) is 6. The molecule has 0 saturated carbocycles. The van der Waals surface area contributed by atoms with Gasteiger partial charge in [-0.2, -0.15) is 0 Å². The highest BCUT2D eigenvalue weighted by Crippen LogP contribution is 2.33. The SMILES string of the molecule is CN1CCC(OC(F)(F)F)C(F)(F)C1.CSC(=S)OC1CCN(C)CC1(F)F. The molecule has 2 aliphatic rings. The minimum atomic E-state index is -5.00. The predicted molar refractivity (Wildman–Crippen MR) is 96.0 cm³/mol. The maximum atomic E-state index is 13.4. The van der Waals surface area contributed by atoms with Gasteiger partial charge in [-0.15, -0.1) is 13.2 Å². The molecule has 2 aliphatic heterocycles. The molecular formula is C15H23F7N2O2S2. The molecule has 0 spiro atoms. The smallest absolute Gasteiger partial charge is 0.469 e. The van der Waals surface area contributed by atoms with E-state index in [1.807, 2.05) is 0 Å². The Morgan fingerprint density at radius 1 is 0.964 bits per heavy atom. The first-order chi connectivity index (χ1) is 12.7. The normalized spacial score (nSPS) is 28.2. The number of alkyl halides is 7. The third-order valence-corrected chi connectivity index (χ3v) is 5.16. The molecule has 0 amide bonds. The number of ether oxygens (including phenoxy) is 2. The van der Waals surface area contributed by atoms with Gasteiger partial charge in [-0.25, -0.2) is 17.6 Å². The van der Waals surface area contributed by atoms with Crippen LogP contribution in [-0.2, 0) is 9.47 Å². The first-order valence-corrected chi connectivity index (χ1v) is 9.91. The van der Waals surface area contributed by atoms with E-state index in [0.29, 0.717) is 13.0 Å². The first-order valence-electron chi connectivity index (χ1n) is 8.28. The van der Waals surface area contributed by atoms with Gasteiger partial charge in [0.05, 0.1) is 13.1 Å². The Hall–Kier alpha value is -0.370. The topological polar surface area (TPSA) is 24.9 Å². The number of thioether (sulfide) groups is 1. The molecule has 2 heterocycles. The molecule has 2 saturated heterocycles. The zero-order valence-corrected chi connectivity index (χ0v) is 17.2. The summed E-state index contributed by atoms with van der Waals surface area (Å²) < 4.78 is 96.4. The molecule has 0 bridgehead atoms. The average molecular weight is 460 g/mol. The highest BCUT2D eigenvalue weighted by Gasteiger charge is 2.49. The van der Waals surface area contributed by atoms with Crippen molar-refractivity contribution in [3.05, 3.63) is 0 Å². The van der Waals surface area contributed by atoms with Gasteiger partial charge in [-0.1, -0.05) is 11.8 Å². The Morgan fingerprint density at radius 3 is 1.75 bits per heavy atom. The Labute approximate surface area is 168 Å². The van der Waals surface area contributed by atoms with E-state index < -0.39 is 37.0 Å². The summed E-state index contributed by atoms with van der Waals surface area (Å²) >= 11 is 5.94. The van der Waals surface area contributed by atoms with Crippen LogP contribution >= 0.6 is 24.0 Å². The molecule has 2 rings (SSSR count). The number of hydrogen-bond donors (Lipinski definition) is 0. The van der Waals surface area contributed by atoms with Crippen molar-refractivity contribution < 1.29 is 40.2 Å². The van der Waals surface area contributed by atoms with Gasteiger partial charge in [-0.05, 0) is 39.0 Å². The summed E-state index contributed by atoms with van der Waals surface area (Å²) in [7, 11) is 3.11. The van der Waals surface area contributed by atoms with Crippen molar-refractivity contribution in [2.24, 2.45) is 0 Å². The van der Waals surface area contributed by atoms with Crippen LogP contribution in [0.15, 0.2) is 0 Å². The second kappa shape index (κ2) is 10.1. The van der Waals surface area contributed by atoms with Gasteiger partial charge in [0, 0.05) is 19.5 Å². The van der Waals surface area contributed by atoms with Crippen molar-refractivity contribution in [1.29, 1.82) is 0 Å². The molecule has 13 heteroatoms.